The van der Waals surface area contributed by atoms with E-state index in [0.29, 0.717) is 38.4 Å². The highest BCUT2D eigenvalue weighted by atomic mass is 32.2. The quantitative estimate of drug-likeness (QED) is 0.575. The van der Waals surface area contributed by atoms with Crippen molar-refractivity contribution in [3.05, 3.63) is 27.9 Å². The molecular weight excluding hydrogens is 320 g/mol. The molecule has 1 aromatic heterocycles. The van der Waals surface area contributed by atoms with E-state index >= 15 is 0 Å². The third-order valence-corrected chi connectivity index (χ3v) is 5.89. The molecule has 128 valence electrons. The summed E-state index contributed by atoms with van der Waals surface area (Å²) >= 11 is 0. The topological polar surface area (TPSA) is 96.7 Å². The minimum Gasteiger partial charge on any atom is -0.354 e. The fraction of sp³-hybridized carbons (Fsp3) is 0.643. The van der Waals surface area contributed by atoms with Crippen LogP contribution in [0.15, 0.2) is 12.3 Å². The van der Waals surface area contributed by atoms with Gasteiger partial charge < -0.3 is 4.90 Å². The molecule has 0 radical (unpaired) electrons. The van der Waals surface area contributed by atoms with Crippen molar-refractivity contribution < 1.29 is 13.3 Å². The minimum atomic E-state index is -3.18. The number of sulfonamides is 1. The number of hydrogen-bond donors (Lipinski definition) is 0. The van der Waals surface area contributed by atoms with Crippen molar-refractivity contribution in [2.75, 3.05) is 36.8 Å². The van der Waals surface area contributed by atoms with Crippen LogP contribution in [-0.2, 0) is 10.0 Å². The molecule has 0 bridgehead atoms. The van der Waals surface area contributed by atoms with E-state index in [1.54, 1.807) is 6.92 Å². The van der Waals surface area contributed by atoms with Crippen LogP contribution in [-0.4, -0.2) is 54.6 Å². The minimum absolute atomic E-state index is 0.0352. The van der Waals surface area contributed by atoms with Gasteiger partial charge in [-0.05, 0) is 18.9 Å². The van der Waals surface area contributed by atoms with Gasteiger partial charge in [0.2, 0.25) is 10.0 Å². The third-order valence-electron chi connectivity index (χ3n) is 3.93. The SMILES string of the molecule is CCCCS(=O)(=O)N1CCN(c2ncc([N+](=O)[O-])cc2C)CC1. The summed E-state index contributed by atoms with van der Waals surface area (Å²) in [6.45, 7) is 5.67. The number of hydrogen-bond acceptors (Lipinski definition) is 6. The van der Waals surface area contributed by atoms with Crippen LogP contribution in [0.5, 0.6) is 0 Å². The number of nitro groups is 1. The molecule has 1 saturated heterocycles. The molecule has 1 aliphatic heterocycles. The number of nitrogens with zero attached hydrogens (tertiary/aromatic N) is 4. The molecular formula is C14H22N4O4S. The predicted molar refractivity (Wildman–Crippen MR) is 88.1 cm³/mol. The summed E-state index contributed by atoms with van der Waals surface area (Å²) in [7, 11) is -3.18. The van der Waals surface area contributed by atoms with E-state index in [4.69, 9.17) is 0 Å². The van der Waals surface area contributed by atoms with Gasteiger partial charge in [0.05, 0.1) is 10.7 Å². The van der Waals surface area contributed by atoms with Gasteiger partial charge >= 0.3 is 0 Å². The molecule has 0 atom stereocenters. The molecule has 0 unspecified atom stereocenters. The summed E-state index contributed by atoms with van der Waals surface area (Å²) in [6, 6.07) is 1.49. The molecule has 0 spiro atoms. The Bertz CT molecular complexity index is 669. The molecule has 1 aliphatic rings. The Morgan fingerprint density at radius 3 is 2.48 bits per heavy atom. The van der Waals surface area contributed by atoms with E-state index in [0.717, 1.165) is 12.0 Å². The molecule has 0 aromatic carbocycles. The molecule has 0 aliphatic carbocycles. The summed E-state index contributed by atoms with van der Waals surface area (Å²) in [5.74, 6) is 0.874. The molecule has 8 nitrogen and oxygen atoms in total. The Morgan fingerprint density at radius 2 is 1.96 bits per heavy atom. The second-order valence-electron chi connectivity index (χ2n) is 5.65. The fourth-order valence-corrected chi connectivity index (χ4v) is 4.25. The highest BCUT2D eigenvalue weighted by Crippen LogP contribution is 2.23. The zero-order valence-corrected chi connectivity index (χ0v) is 14.3. The first-order valence-corrected chi connectivity index (χ1v) is 9.30. The van der Waals surface area contributed by atoms with E-state index in [1.807, 2.05) is 11.8 Å². The average Bonchev–Trinajstić information content (AvgIpc) is 2.53. The van der Waals surface area contributed by atoms with Crippen LogP contribution in [0.3, 0.4) is 0 Å². The van der Waals surface area contributed by atoms with Crippen LogP contribution in [0.1, 0.15) is 25.3 Å². The van der Waals surface area contributed by atoms with Crippen molar-refractivity contribution in [3.63, 3.8) is 0 Å². The second kappa shape index (κ2) is 7.22. The van der Waals surface area contributed by atoms with Gasteiger partial charge in [0.25, 0.3) is 5.69 Å². The van der Waals surface area contributed by atoms with Crippen molar-refractivity contribution in [2.45, 2.75) is 26.7 Å². The van der Waals surface area contributed by atoms with Crippen molar-refractivity contribution in [1.29, 1.82) is 0 Å². The number of unbranched alkanes of at least 4 members (excludes halogenated alkanes) is 1. The molecule has 1 fully saturated rings. The Morgan fingerprint density at radius 1 is 1.30 bits per heavy atom. The monoisotopic (exact) mass is 342 g/mol. The van der Waals surface area contributed by atoms with Crippen LogP contribution in [0.4, 0.5) is 11.5 Å². The molecule has 23 heavy (non-hydrogen) atoms. The smallest absolute Gasteiger partial charge is 0.287 e. The second-order valence-corrected chi connectivity index (χ2v) is 7.74. The number of anilines is 1. The van der Waals surface area contributed by atoms with Crippen molar-refractivity contribution in [3.8, 4) is 0 Å². The van der Waals surface area contributed by atoms with Crippen LogP contribution in [0.25, 0.3) is 0 Å². The van der Waals surface area contributed by atoms with Gasteiger partial charge in [-0.15, -0.1) is 0 Å². The van der Waals surface area contributed by atoms with Gasteiger partial charge in [-0.3, -0.25) is 10.1 Å². The van der Waals surface area contributed by atoms with E-state index in [-0.39, 0.29) is 11.4 Å². The summed E-state index contributed by atoms with van der Waals surface area (Å²) in [4.78, 5) is 16.4. The maximum atomic E-state index is 12.2. The van der Waals surface area contributed by atoms with Gasteiger partial charge in [-0.25, -0.2) is 13.4 Å². The zero-order chi connectivity index (χ0) is 17.0. The molecule has 1 aromatic rings. The lowest BCUT2D eigenvalue weighted by atomic mass is 10.2. The van der Waals surface area contributed by atoms with Crippen LogP contribution >= 0.6 is 0 Å². The van der Waals surface area contributed by atoms with Crippen LogP contribution in [0.2, 0.25) is 0 Å². The number of pyridine rings is 1. The first-order chi connectivity index (χ1) is 10.8. The highest BCUT2D eigenvalue weighted by molar-refractivity contribution is 7.89. The Hall–Kier alpha value is -1.74. The van der Waals surface area contributed by atoms with Gasteiger partial charge in [-0.2, -0.15) is 4.31 Å². The molecule has 9 heteroatoms. The highest BCUT2D eigenvalue weighted by Gasteiger charge is 2.27. The maximum Gasteiger partial charge on any atom is 0.287 e. The Kier molecular flexibility index (Phi) is 5.53. The van der Waals surface area contributed by atoms with Crippen molar-refractivity contribution in [2.24, 2.45) is 0 Å². The molecule has 0 N–H and O–H groups in total. The number of rotatable bonds is 6. The zero-order valence-electron chi connectivity index (χ0n) is 13.4. The van der Waals surface area contributed by atoms with E-state index in [1.165, 1.54) is 16.6 Å². The Labute approximate surface area is 136 Å². The summed E-state index contributed by atoms with van der Waals surface area (Å²) in [5.41, 5.74) is 0.688. The first-order valence-electron chi connectivity index (χ1n) is 7.69. The normalized spacial score (nSPS) is 16.5. The number of piperazine rings is 1. The summed E-state index contributed by atoms with van der Waals surface area (Å²) in [5, 5.41) is 10.8. The van der Waals surface area contributed by atoms with Crippen LogP contribution < -0.4 is 4.90 Å². The maximum absolute atomic E-state index is 12.2. The van der Waals surface area contributed by atoms with Crippen molar-refractivity contribution in [1.82, 2.24) is 9.29 Å². The molecule has 2 rings (SSSR count). The van der Waals surface area contributed by atoms with E-state index in [9.17, 15) is 18.5 Å². The largest absolute Gasteiger partial charge is 0.354 e. The summed E-state index contributed by atoms with van der Waals surface area (Å²) < 4.78 is 25.9. The lowest BCUT2D eigenvalue weighted by molar-refractivity contribution is -0.385. The fourth-order valence-electron chi connectivity index (χ4n) is 2.62. The average molecular weight is 342 g/mol. The van der Waals surface area contributed by atoms with Gasteiger partial charge in [0, 0.05) is 32.2 Å². The number of aryl methyl sites for hydroxylation is 1. The first kappa shape index (κ1) is 17.6. The predicted octanol–water partition coefficient (Wildman–Crippen LogP) is 1.55. The summed E-state index contributed by atoms with van der Waals surface area (Å²) in [6.07, 6.45) is 2.77. The van der Waals surface area contributed by atoms with Gasteiger partial charge in [0.1, 0.15) is 12.0 Å². The number of aromatic nitrogens is 1. The van der Waals surface area contributed by atoms with Gasteiger partial charge in [-0.1, -0.05) is 13.3 Å². The standard InChI is InChI=1S/C14H22N4O4S/c1-3-4-9-23(21,22)17-7-5-16(6-8-17)14-12(2)10-13(11-15-14)18(19)20/h10-11H,3-9H2,1-2H3. The molecule has 0 amide bonds. The van der Waals surface area contributed by atoms with E-state index in [2.05, 4.69) is 4.98 Å². The van der Waals surface area contributed by atoms with Crippen molar-refractivity contribution >= 4 is 21.5 Å². The molecule has 0 saturated carbocycles. The van der Waals surface area contributed by atoms with Crippen LogP contribution in [0, 0.1) is 17.0 Å². The third kappa shape index (κ3) is 4.17. The van der Waals surface area contributed by atoms with E-state index < -0.39 is 14.9 Å². The lowest BCUT2D eigenvalue weighted by Gasteiger charge is -2.35. The lowest BCUT2D eigenvalue weighted by Crippen LogP contribution is -2.49. The molecule has 2 heterocycles. The van der Waals surface area contributed by atoms with Gasteiger partial charge in [0.15, 0.2) is 0 Å². The Balaban J connectivity index is 2.03.